The second kappa shape index (κ2) is 6.31. The van der Waals surface area contributed by atoms with Gasteiger partial charge in [-0.1, -0.05) is 30.5 Å². The zero-order valence-corrected chi connectivity index (χ0v) is 14.1. The number of rotatable bonds is 3. The summed E-state index contributed by atoms with van der Waals surface area (Å²) < 4.78 is 5.64. The lowest BCUT2D eigenvalue weighted by Crippen LogP contribution is -2.45. The molecule has 1 aromatic carbocycles. The minimum Gasteiger partial charge on any atom is -0.467 e. The summed E-state index contributed by atoms with van der Waals surface area (Å²) in [4.78, 5) is 0. The van der Waals surface area contributed by atoms with Gasteiger partial charge in [0.05, 0.1) is 11.8 Å². The van der Waals surface area contributed by atoms with Crippen LogP contribution in [0.5, 0.6) is 0 Å². The first kappa shape index (κ1) is 15.4. The van der Waals surface area contributed by atoms with Gasteiger partial charge in [0.25, 0.3) is 0 Å². The summed E-state index contributed by atoms with van der Waals surface area (Å²) in [7, 11) is 0. The van der Waals surface area contributed by atoms with Gasteiger partial charge in [0, 0.05) is 10.7 Å². The summed E-state index contributed by atoms with van der Waals surface area (Å²) in [5, 5.41) is 8.01. The summed E-state index contributed by atoms with van der Waals surface area (Å²) in [6, 6.07) is 9.78. The van der Waals surface area contributed by atoms with Crippen LogP contribution in [0.25, 0.3) is 0 Å². The number of benzene rings is 1. The van der Waals surface area contributed by atoms with Crippen LogP contribution in [0.2, 0.25) is 5.02 Å². The van der Waals surface area contributed by atoms with Gasteiger partial charge in [-0.25, -0.2) is 0 Å². The molecule has 0 saturated heterocycles. The van der Waals surface area contributed by atoms with E-state index in [1.807, 2.05) is 37.3 Å². The number of thiocarbonyl (C=S) groups is 1. The van der Waals surface area contributed by atoms with Crippen molar-refractivity contribution in [3.63, 3.8) is 0 Å². The zero-order valence-electron chi connectivity index (χ0n) is 12.5. The van der Waals surface area contributed by atoms with Crippen molar-refractivity contribution in [1.82, 2.24) is 5.32 Å². The molecule has 22 heavy (non-hydrogen) atoms. The van der Waals surface area contributed by atoms with Gasteiger partial charge in [-0.15, -0.1) is 0 Å². The molecule has 0 unspecified atom stereocenters. The minimum atomic E-state index is -0.192. The van der Waals surface area contributed by atoms with Crippen LogP contribution in [0.4, 0.5) is 5.69 Å². The minimum absolute atomic E-state index is 0.192. The fraction of sp³-hybridized carbons (Fsp3) is 0.353. The van der Waals surface area contributed by atoms with Gasteiger partial charge in [0.2, 0.25) is 0 Å². The smallest absolute Gasteiger partial charge is 0.171 e. The lowest BCUT2D eigenvalue weighted by atomic mass is 9.94. The van der Waals surface area contributed by atoms with Gasteiger partial charge >= 0.3 is 0 Å². The maximum absolute atomic E-state index is 6.16. The van der Waals surface area contributed by atoms with Crippen LogP contribution >= 0.6 is 23.8 Å². The highest BCUT2D eigenvalue weighted by molar-refractivity contribution is 7.80. The number of furan rings is 1. The number of anilines is 1. The van der Waals surface area contributed by atoms with Crippen LogP contribution < -0.4 is 10.6 Å². The molecule has 0 atom stereocenters. The van der Waals surface area contributed by atoms with E-state index in [-0.39, 0.29) is 5.54 Å². The Morgan fingerprint density at radius 3 is 2.68 bits per heavy atom. The van der Waals surface area contributed by atoms with Gasteiger partial charge in [-0.2, -0.15) is 0 Å². The van der Waals surface area contributed by atoms with Gasteiger partial charge < -0.3 is 15.1 Å². The third-order valence-electron chi connectivity index (χ3n) is 4.23. The van der Waals surface area contributed by atoms with Crippen LogP contribution in [0.3, 0.4) is 0 Å². The Bertz CT molecular complexity index is 663. The Balaban J connectivity index is 1.73. The summed E-state index contributed by atoms with van der Waals surface area (Å²) in [5.74, 6) is 0.955. The molecule has 116 valence electrons. The molecular weight excluding hydrogens is 316 g/mol. The molecule has 0 bridgehead atoms. The highest BCUT2D eigenvalue weighted by Gasteiger charge is 2.38. The molecule has 3 nitrogen and oxygen atoms in total. The Labute approximate surface area is 141 Å². The van der Waals surface area contributed by atoms with E-state index in [0.29, 0.717) is 5.11 Å². The quantitative estimate of drug-likeness (QED) is 0.775. The zero-order chi connectivity index (χ0) is 15.6. The number of nitrogens with one attached hydrogen (secondary N) is 2. The summed E-state index contributed by atoms with van der Waals surface area (Å²) in [5.41, 5.74) is 1.75. The summed E-state index contributed by atoms with van der Waals surface area (Å²) in [6.45, 7) is 1.98. The van der Waals surface area contributed by atoms with E-state index in [4.69, 9.17) is 28.2 Å². The standard InChI is InChI=1S/C17H19ClN2OS/c1-12-6-7-13(11-14(12)18)19-16(22)20-17(8-2-3-9-17)15-5-4-10-21-15/h4-7,10-11H,2-3,8-9H2,1H3,(H2,19,20,22). The van der Waals surface area contributed by atoms with Gasteiger partial charge in [0.1, 0.15) is 5.76 Å². The number of hydrogen-bond acceptors (Lipinski definition) is 2. The van der Waals surface area contributed by atoms with Crippen molar-refractivity contribution in [2.24, 2.45) is 0 Å². The Morgan fingerprint density at radius 2 is 2.05 bits per heavy atom. The third-order valence-corrected chi connectivity index (χ3v) is 4.84. The predicted octanol–water partition coefficient (Wildman–Crippen LogP) is 5.00. The van der Waals surface area contributed by atoms with E-state index in [1.54, 1.807) is 6.26 Å². The molecule has 2 aromatic rings. The van der Waals surface area contributed by atoms with Crippen LogP contribution in [0, 0.1) is 6.92 Å². The van der Waals surface area contributed by atoms with Gasteiger partial charge in [-0.05, 0) is 61.8 Å². The molecule has 1 fully saturated rings. The average molecular weight is 335 g/mol. The molecule has 5 heteroatoms. The second-order valence-corrected chi connectivity index (χ2v) is 6.63. The van der Waals surface area contributed by atoms with Crippen LogP contribution in [-0.4, -0.2) is 5.11 Å². The van der Waals surface area contributed by atoms with E-state index in [9.17, 15) is 0 Å². The number of halogens is 1. The molecule has 1 heterocycles. The molecule has 0 aliphatic heterocycles. The van der Waals surface area contributed by atoms with Gasteiger partial charge in [-0.3, -0.25) is 0 Å². The van der Waals surface area contributed by atoms with Crippen LogP contribution in [-0.2, 0) is 5.54 Å². The predicted molar refractivity (Wildman–Crippen MR) is 94.4 cm³/mol. The van der Waals surface area contributed by atoms with Crippen molar-refractivity contribution in [3.8, 4) is 0 Å². The maximum Gasteiger partial charge on any atom is 0.171 e. The van der Waals surface area contributed by atoms with Crippen molar-refractivity contribution >= 4 is 34.6 Å². The van der Waals surface area contributed by atoms with Crippen LogP contribution in [0.1, 0.15) is 37.0 Å². The normalized spacial score (nSPS) is 16.5. The SMILES string of the molecule is Cc1ccc(NC(=S)NC2(c3ccco3)CCCC2)cc1Cl. The largest absolute Gasteiger partial charge is 0.467 e. The third kappa shape index (κ3) is 3.13. The van der Waals surface area contributed by atoms with Crippen molar-refractivity contribution in [2.75, 3.05) is 5.32 Å². The number of aryl methyl sites for hydroxylation is 1. The van der Waals surface area contributed by atoms with Crippen molar-refractivity contribution in [1.29, 1.82) is 0 Å². The molecule has 1 aromatic heterocycles. The van der Waals surface area contributed by atoms with Gasteiger partial charge in [0.15, 0.2) is 5.11 Å². The summed E-state index contributed by atoms with van der Waals surface area (Å²) >= 11 is 11.6. The Hall–Kier alpha value is -1.52. The van der Waals surface area contributed by atoms with E-state index in [0.717, 1.165) is 34.9 Å². The lowest BCUT2D eigenvalue weighted by molar-refractivity contribution is 0.317. The Kier molecular flexibility index (Phi) is 4.41. The Morgan fingerprint density at radius 1 is 1.27 bits per heavy atom. The second-order valence-electron chi connectivity index (χ2n) is 5.81. The van der Waals surface area contributed by atoms with Crippen molar-refractivity contribution < 1.29 is 4.42 Å². The van der Waals surface area contributed by atoms with E-state index >= 15 is 0 Å². The molecule has 0 amide bonds. The molecular formula is C17H19ClN2OS. The molecule has 1 aliphatic carbocycles. The first-order valence-electron chi connectivity index (χ1n) is 7.48. The van der Waals surface area contributed by atoms with E-state index in [1.165, 1.54) is 12.8 Å². The van der Waals surface area contributed by atoms with E-state index < -0.39 is 0 Å². The lowest BCUT2D eigenvalue weighted by Gasteiger charge is -2.29. The first-order chi connectivity index (χ1) is 10.6. The molecule has 2 N–H and O–H groups in total. The molecule has 1 aliphatic rings. The number of hydrogen-bond donors (Lipinski definition) is 2. The highest BCUT2D eigenvalue weighted by Crippen LogP contribution is 2.39. The fourth-order valence-electron chi connectivity index (χ4n) is 3.01. The first-order valence-corrected chi connectivity index (χ1v) is 8.27. The molecule has 0 radical (unpaired) electrons. The van der Waals surface area contributed by atoms with Crippen molar-refractivity contribution in [2.45, 2.75) is 38.1 Å². The summed E-state index contributed by atoms with van der Waals surface area (Å²) in [6.07, 6.45) is 6.11. The van der Waals surface area contributed by atoms with Crippen molar-refractivity contribution in [3.05, 3.63) is 52.9 Å². The van der Waals surface area contributed by atoms with Crippen LogP contribution in [0.15, 0.2) is 41.0 Å². The fourth-order valence-corrected chi connectivity index (χ4v) is 3.51. The molecule has 0 spiro atoms. The molecule has 1 saturated carbocycles. The maximum atomic E-state index is 6.16. The topological polar surface area (TPSA) is 37.2 Å². The van der Waals surface area contributed by atoms with E-state index in [2.05, 4.69) is 10.6 Å². The highest BCUT2D eigenvalue weighted by atomic mass is 35.5. The monoisotopic (exact) mass is 334 g/mol. The molecule has 3 rings (SSSR count). The average Bonchev–Trinajstić information content (AvgIpc) is 3.14.